The number of thiazole rings is 1. The van der Waals surface area contributed by atoms with E-state index in [0.29, 0.717) is 34.0 Å². The molecular weight excluding hydrogens is 455 g/mol. The van der Waals surface area contributed by atoms with Gasteiger partial charge in [0.25, 0.3) is 11.8 Å². The highest BCUT2D eigenvalue weighted by molar-refractivity contribution is 7.07. The van der Waals surface area contributed by atoms with Crippen molar-refractivity contribution < 1.29 is 9.59 Å². The van der Waals surface area contributed by atoms with Gasteiger partial charge in [0.2, 0.25) is 0 Å². The predicted molar refractivity (Wildman–Crippen MR) is 125 cm³/mol. The van der Waals surface area contributed by atoms with Crippen LogP contribution in [0, 0.1) is 0 Å². The standard InChI is InChI=1S/C22H22Cl2N4O2S/c1-27(2)9-8-25-20(29)16-5-3-4-15(12-16)14-28-10-11-31-22(28)26-21(30)18-7-6-17(23)13-19(18)24/h3-7,10-13H,8-9,14H2,1-2H3,(H,25,29). The lowest BCUT2D eigenvalue weighted by Crippen LogP contribution is -2.31. The van der Waals surface area contributed by atoms with Crippen molar-refractivity contribution in [1.29, 1.82) is 0 Å². The van der Waals surface area contributed by atoms with Crippen LogP contribution in [-0.4, -0.2) is 48.5 Å². The number of nitrogens with zero attached hydrogens (tertiary/aromatic N) is 3. The average molecular weight is 477 g/mol. The van der Waals surface area contributed by atoms with Crippen molar-refractivity contribution in [1.82, 2.24) is 14.8 Å². The summed E-state index contributed by atoms with van der Waals surface area (Å²) < 4.78 is 1.86. The molecule has 0 atom stereocenters. The molecule has 2 aromatic carbocycles. The Hall–Kier alpha value is -2.45. The van der Waals surface area contributed by atoms with Gasteiger partial charge in [0, 0.05) is 41.8 Å². The lowest BCUT2D eigenvalue weighted by Gasteiger charge is -2.11. The highest BCUT2D eigenvalue weighted by atomic mass is 35.5. The van der Waals surface area contributed by atoms with E-state index in [9.17, 15) is 9.59 Å². The Bertz CT molecular complexity index is 1150. The zero-order chi connectivity index (χ0) is 22.4. The summed E-state index contributed by atoms with van der Waals surface area (Å²) in [5, 5.41) is 5.48. The topological polar surface area (TPSA) is 66.7 Å². The summed E-state index contributed by atoms with van der Waals surface area (Å²) in [6.45, 7) is 1.82. The molecule has 6 nitrogen and oxygen atoms in total. The van der Waals surface area contributed by atoms with E-state index in [0.717, 1.165) is 12.1 Å². The van der Waals surface area contributed by atoms with E-state index < -0.39 is 5.91 Å². The summed E-state index contributed by atoms with van der Waals surface area (Å²) >= 11 is 13.4. The van der Waals surface area contributed by atoms with Gasteiger partial charge in [-0.3, -0.25) is 9.59 Å². The fourth-order valence-electron chi connectivity index (χ4n) is 2.82. The summed E-state index contributed by atoms with van der Waals surface area (Å²) in [5.74, 6) is -0.552. The summed E-state index contributed by atoms with van der Waals surface area (Å²) in [4.78, 5) is 31.7. The maximum Gasteiger partial charge on any atom is 0.281 e. The van der Waals surface area contributed by atoms with Crippen LogP contribution >= 0.6 is 34.5 Å². The molecule has 0 fully saturated rings. The first-order valence-electron chi connectivity index (χ1n) is 9.53. The number of amides is 2. The van der Waals surface area contributed by atoms with Crippen molar-refractivity contribution in [3.05, 3.63) is 85.6 Å². The minimum atomic E-state index is -0.438. The van der Waals surface area contributed by atoms with Gasteiger partial charge in [0.1, 0.15) is 0 Å². The number of rotatable bonds is 7. The Morgan fingerprint density at radius 2 is 1.97 bits per heavy atom. The Morgan fingerprint density at radius 3 is 2.71 bits per heavy atom. The second kappa shape index (κ2) is 10.7. The number of carbonyl (C=O) groups is 2. The Morgan fingerprint density at radius 1 is 1.16 bits per heavy atom. The van der Waals surface area contributed by atoms with Gasteiger partial charge in [0.15, 0.2) is 4.80 Å². The van der Waals surface area contributed by atoms with Crippen molar-refractivity contribution in [2.75, 3.05) is 27.2 Å². The molecule has 1 heterocycles. The molecule has 3 aromatic rings. The van der Waals surface area contributed by atoms with Gasteiger partial charge < -0.3 is 14.8 Å². The van der Waals surface area contributed by atoms with Crippen LogP contribution in [0.25, 0.3) is 0 Å². The largest absolute Gasteiger partial charge is 0.351 e. The number of hydrogen-bond donors (Lipinski definition) is 1. The molecule has 0 spiro atoms. The van der Waals surface area contributed by atoms with Gasteiger partial charge >= 0.3 is 0 Å². The highest BCUT2D eigenvalue weighted by Crippen LogP contribution is 2.21. The van der Waals surface area contributed by atoms with Crippen molar-refractivity contribution in [2.24, 2.45) is 4.99 Å². The fourth-order valence-corrected chi connectivity index (χ4v) is 4.04. The van der Waals surface area contributed by atoms with Gasteiger partial charge in [-0.15, -0.1) is 11.3 Å². The van der Waals surface area contributed by atoms with Gasteiger partial charge in [-0.1, -0.05) is 35.3 Å². The lowest BCUT2D eigenvalue weighted by molar-refractivity contribution is 0.0949. The molecule has 0 saturated carbocycles. The molecule has 1 N–H and O–H groups in total. The second-order valence-corrected chi connectivity index (χ2v) is 8.83. The maximum absolute atomic E-state index is 12.6. The highest BCUT2D eigenvalue weighted by Gasteiger charge is 2.11. The predicted octanol–water partition coefficient (Wildman–Crippen LogP) is 3.94. The number of halogens is 2. The molecular formula is C22H22Cl2N4O2S. The maximum atomic E-state index is 12.6. The average Bonchev–Trinajstić information content (AvgIpc) is 3.14. The van der Waals surface area contributed by atoms with E-state index in [2.05, 4.69) is 10.3 Å². The molecule has 0 aliphatic rings. The Balaban J connectivity index is 1.76. The molecule has 3 rings (SSSR count). The van der Waals surface area contributed by atoms with Crippen LogP contribution in [0.4, 0.5) is 0 Å². The van der Waals surface area contributed by atoms with Crippen molar-refractivity contribution in [3.63, 3.8) is 0 Å². The summed E-state index contributed by atoms with van der Waals surface area (Å²) in [5.41, 5.74) is 1.81. The summed E-state index contributed by atoms with van der Waals surface area (Å²) in [6, 6.07) is 12.1. The number of likely N-dealkylation sites (N-methyl/N-ethyl adjacent to an activating group) is 1. The summed E-state index contributed by atoms with van der Waals surface area (Å²) in [7, 11) is 3.91. The van der Waals surface area contributed by atoms with E-state index in [-0.39, 0.29) is 10.9 Å². The van der Waals surface area contributed by atoms with Crippen molar-refractivity contribution >= 4 is 46.4 Å². The van der Waals surface area contributed by atoms with Crippen LogP contribution in [0.5, 0.6) is 0 Å². The van der Waals surface area contributed by atoms with Crippen LogP contribution in [0.15, 0.2) is 59.0 Å². The molecule has 9 heteroatoms. The first kappa shape index (κ1) is 23.2. The summed E-state index contributed by atoms with van der Waals surface area (Å²) in [6.07, 6.45) is 1.85. The number of aromatic nitrogens is 1. The van der Waals surface area contributed by atoms with E-state index in [4.69, 9.17) is 23.2 Å². The van der Waals surface area contributed by atoms with E-state index in [1.165, 1.54) is 17.4 Å². The normalized spacial score (nSPS) is 11.7. The molecule has 2 amide bonds. The first-order valence-corrected chi connectivity index (χ1v) is 11.2. The zero-order valence-electron chi connectivity index (χ0n) is 17.1. The van der Waals surface area contributed by atoms with Gasteiger partial charge in [0.05, 0.1) is 10.6 Å². The third-order valence-electron chi connectivity index (χ3n) is 4.41. The number of benzene rings is 2. The Kier molecular flexibility index (Phi) is 8.03. The second-order valence-electron chi connectivity index (χ2n) is 7.11. The fraction of sp³-hybridized carbons (Fsp3) is 0.227. The SMILES string of the molecule is CN(C)CCNC(=O)c1cccc(Cn2ccsc2=NC(=O)c2ccc(Cl)cc2Cl)c1. The number of nitrogens with one attached hydrogen (secondary N) is 1. The monoisotopic (exact) mass is 476 g/mol. The zero-order valence-corrected chi connectivity index (χ0v) is 19.5. The minimum Gasteiger partial charge on any atom is -0.351 e. The Labute approximate surface area is 194 Å². The number of carbonyl (C=O) groups excluding carboxylic acids is 2. The first-order chi connectivity index (χ1) is 14.8. The molecule has 162 valence electrons. The van der Waals surface area contributed by atoms with Crippen LogP contribution in [-0.2, 0) is 6.54 Å². The van der Waals surface area contributed by atoms with Gasteiger partial charge in [-0.25, -0.2) is 0 Å². The molecule has 0 aliphatic heterocycles. The van der Waals surface area contributed by atoms with E-state index in [1.807, 2.05) is 53.3 Å². The van der Waals surface area contributed by atoms with Crippen LogP contribution in [0.1, 0.15) is 26.3 Å². The lowest BCUT2D eigenvalue weighted by atomic mass is 10.1. The molecule has 0 unspecified atom stereocenters. The van der Waals surface area contributed by atoms with Gasteiger partial charge in [-0.2, -0.15) is 4.99 Å². The van der Waals surface area contributed by atoms with Crippen LogP contribution in [0.2, 0.25) is 10.0 Å². The molecule has 0 radical (unpaired) electrons. The minimum absolute atomic E-state index is 0.114. The smallest absolute Gasteiger partial charge is 0.281 e. The third kappa shape index (κ3) is 6.51. The third-order valence-corrected chi connectivity index (χ3v) is 5.75. The molecule has 0 aliphatic carbocycles. The molecule has 0 saturated heterocycles. The molecule has 1 aromatic heterocycles. The quantitative estimate of drug-likeness (QED) is 0.561. The van der Waals surface area contributed by atoms with Gasteiger partial charge in [-0.05, 0) is 50.0 Å². The molecule has 31 heavy (non-hydrogen) atoms. The van der Waals surface area contributed by atoms with Crippen molar-refractivity contribution in [2.45, 2.75) is 6.54 Å². The van der Waals surface area contributed by atoms with Crippen LogP contribution in [0.3, 0.4) is 0 Å². The van der Waals surface area contributed by atoms with Crippen LogP contribution < -0.4 is 10.1 Å². The molecule has 0 bridgehead atoms. The van der Waals surface area contributed by atoms with E-state index in [1.54, 1.807) is 18.2 Å². The van der Waals surface area contributed by atoms with E-state index >= 15 is 0 Å². The number of hydrogen-bond acceptors (Lipinski definition) is 4. The van der Waals surface area contributed by atoms with Crippen molar-refractivity contribution in [3.8, 4) is 0 Å².